The van der Waals surface area contributed by atoms with E-state index in [2.05, 4.69) is 14.3 Å². The number of hydrogen-bond acceptors (Lipinski definition) is 5. The topological polar surface area (TPSA) is 98.7 Å². The number of benzene rings is 2. The van der Waals surface area contributed by atoms with E-state index in [1.807, 2.05) is 19.2 Å². The van der Waals surface area contributed by atoms with E-state index in [-0.39, 0.29) is 31.1 Å². The van der Waals surface area contributed by atoms with E-state index in [1.165, 1.54) is 0 Å². The molecule has 1 unspecified atom stereocenters. The van der Waals surface area contributed by atoms with Crippen LogP contribution >= 0.6 is 23.2 Å². The first-order chi connectivity index (χ1) is 15.2. The molecule has 0 saturated heterocycles. The molecule has 3 N–H and O–H groups in total. The van der Waals surface area contributed by atoms with Crippen molar-refractivity contribution in [1.29, 1.82) is 0 Å². The third-order valence-electron chi connectivity index (χ3n) is 5.32. The number of anilines is 1. The summed E-state index contributed by atoms with van der Waals surface area (Å²) in [6, 6.07) is 10.9. The molecule has 0 saturated carbocycles. The summed E-state index contributed by atoms with van der Waals surface area (Å²) in [6.07, 6.45) is 0.649. The third kappa shape index (κ3) is 6.33. The minimum Gasteiger partial charge on any atom is -0.391 e. The maximum atomic E-state index is 12.4. The summed E-state index contributed by atoms with van der Waals surface area (Å²) in [7, 11) is -1.79. The minimum absolute atomic E-state index is 0.00982. The molecule has 1 aliphatic rings. The van der Waals surface area contributed by atoms with Crippen LogP contribution in [0.3, 0.4) is 0 Å². The van der Waals surface area contributed by atoms with Gasteiger partial charge in [-0.2, -0.15) is 13.1 Å². The average Bonchev–Trinajstić information content (AvgIpc) is 2.74. The van der Waals surface area contributed by atoms with E-state index in [1.54, 1.807) is 30.2 Å². The Morgan fingerprint density at radius 2 is 2.06 bits per heavy atom. The normalized spacial score (nSPS) is 16.3. The van der Waals surface area contributed by atoms with Crippen molar-refractivity contribution in [3.63, 3.8) is 0 Å². The zero-order valence-electron chi connectivity index (χ0n) is 17.6. The largest absolute Gasteiger partial charge is 0.391 e. The summed E-state index contributed by atoms with van der Waals surface area (Å²) < 4.78 is 29.8. The maximum absolute atomic E-state index is 12.4. The second kappa shape index (κ2) is 10.8. The Balaban J connectivity index is 1.74. The number of likely N-dealkylation sites (N-methyl/N-ethyl adjacent to an activating group) is 1. The van der Waals surface area contributed by atoms with Crippen molar-refractivity contribution >= 4 is 45.0 Å². The highest BCUT2D eigenvalue weighted by atomic mass is 35.5. The van der Waals surface area contributed by atoms with Crippen LogP contribution in [-0.4, -0.2) is 51.1 Å². The monoisotopic (exact) mass is 497 g/mol. The highest BCUT2D eigenvalue weighted by Crippen LogP contribution is 2.38. The molecule has 32 heavy (non-hydrogen) atoms. The summed E-state index contributed by atoms with van der Waals surface area (Å²) >= 11 is 12.7. The Bertz CT molecular complexity index is 1130. The van der Waals surface area contributed by atoms with Gasteiger partial charge in [-0.05, 0) is 60.8 Å². The third-order valence-corrected chi connectivity index (χ3v) is 6.96. The molecule has 10 heteroatoms. The van der Waals surface area contributed by atoms with Crippen LogP contribution in [0.5, 0.6) is 0 Å². The number of nitrogens with zero attached hydrogens (tertiary/aromatic N) is 1. The van der Waals surface area contributed by atoms with E-state index in [0.717, 1.165) is 29.8 Å². The number of hydrogen-bond donors (Lipinski definition) is 3. The summed E-state index contributed by atoms with van der Waals surface area (Å²) in [5.74, 6) is 1.64. The molecule has 1 aliphatic heterocycles. The lowest BCUT2D eigenvalue weighted by Crippen LogP contribution is -2.32. The van der Waals surface area contributed by atoms with Gasteiger partial charge >= 0.3 is 0 Å². The Morgan fingerprint density at radius 1 is 1.28 bits per heavy atom. The zero-order chi connectivity index (χ0) is 23.3. The number of nitrogens with one attached hydrogen (secondary N) is 2. The Morgan fingerprint density at radius 3 is 2.78 bits per heavy atom. The van der Waals surface area contributed by atoms with Crippen molar-refractivity contribution in [1.82, 2.24) is 9.62 Å². The quantitative estimate of drug-likeness (QED) is 0.364. The van der Waals surface area contributed by atoms with E-state index in [4.69, 9.17) is 28.3 Å². The summed E-state index contributed by atoms with van der Waals surface area (Å²) in [5, 5.41) is 10.1. The summed E-state index contributed by atoms with van der Waals surface area (Å²) in [5.41, 5.74) is 3.65. The molecule has 2 aromatic carbocycles. The van der Waals surface area contributed by atoms with Gasteiger partial charge in [-0.3, -0.25) is 4.72 Å². The number of fused-ring (bicyclic) bond motifs is 1. The summed E-state index contributed by atoms with van der Waals surface area (Å²) in [6.45, 7) is 1.21. The van der Waals surface area contributed by atoms with Crippen molar-refractivity contribution < 1.29 is 18.3 Å². The number of aliphatic hydroxyl groups excluding tert-OH is 1. The van der Waals surface area contributed by atoms with Crippen LogP contribution in [0.4, 0.5) is 5.69 Å². The first kappa shape index (κ1) is 24.7. The van der Waals surface area contributed by atoms with Gasteiger partial charge in [0.15, 0.2) is 0 Å². The first-order valence-electron chi connectivity index (χ1n) is 10.1. The SMILES string of the molecule is CN1Cc2c(Cl)cc(Cl)cc2C(c2cccc(NS(=O)(=O)NCCCC(=C=O)CO)c2)C1. The van der Waals surface area contributed by atoms with Gasteiger partial charge in [0, 0.05) is 41.2 Å². The van der Waals surface area contributed by atoms with Gasteiger partial charge in [-0.1, -0.05) is 35.3 Å². The Hall–Kier alpha value is -1.90. The molecule has 0 radical (unpaired) electrons. The lowest BCUT2D eigenvalue weighted by atomic mass is 9.84. The van der Waals surface area contributed by atoms with E-state index >= 15 is 0 Å². The number of aliphatic hydroxyl groups is 1. The van der Waals surface area contributed by atoms with Crippen LogP contribution in [0.25, 0.3) is 0 Å². The second-order valence-corrected chi connectivity index (χ2v) is 10.1. The molecule has 172 valence electrons. The van der Waals surface area contributed by atoms with E-state index in [9.17, 15) is 13.2 Å². The lowest BCUT2D eigenvalue weighted by Gasteiger charge is -2.33. The van der Waals surface area contributed by atoms with Crippen molar-refractivity contribution in [3.8, 4) is 0 Å². The van der Waals surface area contributed by atoms with Gasteiger partial charge < -0.3 is 10.0 Å². The lowest BCUT2D eigenvalue weighted by molar-refractivity contribution is 0.295. The van der Waals surface area contributed by atoms with Crippen molar-refractivity contribution in [2.75, 3.05) is 31.5 Å². The van der Waals surface area contributed by atoms with Crippen molar-refractivity contribution in [3.05, 3.63) is 68.7 Å². The van der Waals surface area contributed by atoms with Crippen LogP contribution in [-0.2, 0) is 21.5 Å². The highest BCUT2D eigenvalue weighted by molar-refractivity contribution is 7.90. The zero-order valence-corrected chi connectivity index (χ0v) is 19.9. The molecule has 0 aromatic heterocycles. The first-order valence-corrected chi connectivity index (χ1v) is 12.3. The van der Waals surface area contributed by atoms with Gasteiger partial charge in [0.05, 0.1) is 12.3 Å². The molecule has 7 nitrogen and oxygen atoms in total. The summed E-state index contributed by atoms with van der Waals surface area (Å²) in [4.78, 5) is 12.7. The smallest absolute Gasteiger partial charge is 0.299 e. The Labute approximate surface area is 198 Å². The molecule has 2 aromatic rings. The average molecular weight is 498 g/mol. The fourth-order valence-electron chi connectivity index (χ4n) is 3.81. The van der Waals surface area contributed by atoms with Gasteiger partial charge in [-0.15, -0.1) is 0 Å². The molecule has 0 fully saturated rings. The van der Waals surface area contributed by atoms with Gasteiger partial charge in [0.1, 0.15) is 5.94 Å². The molecule has 1 atom stereocenters. The van der Waals surface area contributed by atoms with Gasteiger partial charge in [0.25, 0.3) is 10.2 Å². The Kier molecular flexibility index (Phi) is 8.36. The molecule has 0 aliphatic carbocycles. The van der Waals surface area contributed by atoms with Gasteiger partial charge in [-0.25, -0.2) is 4.79 Å². The van der Waals surface area contributed by atoms with E-state index in [0.29, 0.717) is 22.2 Å². The van der Waals surface area contributed by atoms with Crippen molar-refractivity contribution in [2.45, 2.75) is 25.3 Å². The molecule has 3 rings (SSSR count). The number of rotatable bonds is 9. The maximum Gasteiger partial charge on any atom is 0.299 e. The van der Waals surface area contributed by atoms with Crippen LogP contribution in [0, 0.1) is 0 Å². The van der Waals surface area contributed by atoms with Crippen molar-refractivity contribution in [2.24, 2.45) is 0 Å². The molecule has 0 bridgehead atoms. The molecule has 0 spiro atoms. The fraction of sp³-hybridized carbons (Fsp3) is 0.364. The molecular formula is C22H25Cl2N3O4S. The predicted molar refractivity (Wildman–Crippen MR) is 127 cm³/mol. The minimum atomic E-state index is -3.80. The van der Waals surface area contributed by atoms with Crippen LogP contribution in [0.2, 0.25) is 10.0 Å². The highest BCUT2D eigenvalue weighted by Gasteiger charge is 2.27. The fourth-order valence-corrected chi connectivity index (χ4v) is 5.30. The molecule has 1 heterocycles. The van der Waals surface area contributed by atoms with E-state index < -0.39 is 10.2 Å². The van der Waals surface area contributed by atoms with Crippen LogP contribution < -0.4 is 9.44 Å². The number of carbonyl (C=O) groups excluding carboxylic acids is 1. The molecule has 0 amide bonds. The van der Waals surface area contributed by atoms with Crippen LogP contribution in [0.1, 0.15) is 35.4 Å². The predicted octanol–water partition coefficient (Wildman–Crippen LogP) is 3.35. The number of halogens is 2. The molecular weight excluding hydrogens is 473 g/mol. The standard InChI is InChI=1S/C22H25Cl2N3O4S/c1-27-11-20(19-9-17(23)10-22(24)21(19)12-27)16-5-2-6-18(8-16)26-32(30,31)25-7-3-4-15(13-28)14-29/h2,5-6,8-10,20,25-26,28H,3-4,7,11-13H2,1H3. The van der Waals surface area contributed by atoms with Crippen LogP contribution in [0.15, 0.2) is 42.0 Å². The second-order valence-electron chi connectivity index (χ2n) is 7.80. The van der Waals surface area contributed by atoms with Gasteiger partial charge in [0.2, 0.25) is 0 Å².